The molecule has 1 saturated heterocycles. The van der Waals surface area contributed by atoms with Gasteiger partial charge in [0.15, 0.2) is 0 Å². The molecule has 0 N–H and O–H groups in total. The second-order valence-electron chi connectivity index (χ2n) is 7.58. The second-order valence-corrected chi connectivity index (χ2v) is 7.58. The third-order valence-corrected chi connectivity index (χ3v) is 5.67. The molecule has 1 aliphatic heterocycles. The van der Waals surface area contributed by atoms with E-state index >= 15 is 0 Å². The van der Waals surface area contributed by atoms with E-state index in [1.807, 2.05) is 39.9 Å². The summed E-state index contributed by atoms with van der Waals surface area (Å²) in [4.78, 5) is 24.1. The number of pyridine rings is 1. The van der Waals surface area contributed by atoms with Crippen LogP contribution in [0.5, 0.6) is 5.75 Å². The van der Waals surface area contributed by atoms with Gasteiger partial charge in [-0.1, -0.05) is 12.1 Å². The zero-order valence-electron chi connectivity index (χ0n) is 18.0. The van der Waals surface area contributed by atoms with E-state index in [2.05, 4.69) is 9.97 Å². The number of hydrogen-bond acceptors (Lipinski definition) is 6. The Kier molecular flexibility index (Phi) is 6.79. The monoisotopic (exact) mass is 424 g/mol. The van der Waals surface area contributed by atoms with Crippen LogP contribution >= 0.6 is 0 Å². The number of para-hydroxylation sites is 1. The normalized spacial score (nSPS) is 14.8. The molecule has 3 aromatic rings. The number of carbonyl (C=O) groups excluding carboxylic acids is 1. The number of aromatic nitrogens is 3. The van der Waals surface area contributed by atoms with Crippen LogP contribution in [-0.4, -0.2) is 65.9 Å². The summed E-state index contributed by atoms with van der Waals surface area (Å²) in [5.74, 6) is 1.91. The maximum atomic E-state index is 13.1. The van der Waals surface area contributed by atoms with Crippen molar-refractivity contribution in [3.63, 3.8) is 0 Å². The summed E-state index contributed by atoms with van der Waals surface area (Å²) in [7, 11) is 3.27. The van der Waals surface area contributed by atoms with Gasteiger partial charge in [0.05, 0.1) is 25.8 Å². The number of methoxy groups -OCH3 is 2. The predicted molar refractivity (Wildman–Crippen MR) is 116 cm³/mol. The van der Waals surface area contributed by atoms with Gasteiger partial charge < -0.3 is 23.7 Å². The summed E-state index contributed by atoms with van der Waals surface area (Å²) in [5, 5.41) is 0.903. The first-order chi connectivity index (χ1) is 15.2. The number of likely N-dealkylation sites (tertiary alicyclic amines) is 1. The van der Waals surface area contributed by atoms with E-state index in [9.17, 15) is 4.79 Å². The third kappa shape index (κ3) is 4.70. The minimum Gasteiger partial charge on any atom is -0.496 e. The van der Waals surface area contributed by atoms with E-state index < -0.39 is 0 Å². The fourth-order valence-corrected chi connectivity index (χ4v) is 4.02. The predicted octanol–water partition coefficient (Wildman–Crippen LogP) is 3.08. The van der Waals surface area contributed by atoms with Gasteiger partial charge in [0.2, 0.25) is 0 Å². The van der Waals surface area contributed by atoms with E-state index in [4.69, 9.17) is 14.2 Å². The number of benzene rings is 1. The number of amides is 1. The minimum absolute atomic E-state index is 0.0613. The summed E-state index contributed by atoms with van der Waals surface area (Å²) in [5.41, 5.74) is 1.18. The maximum absolute atomic E-state index is 13.1. The minimum atomic E-state index is -0.0613. The van der Waals surface area contributed by atoms with Crippen molar-refractivity contribution in [3.8, 4) is 5.75 Å². The van der Waals surface area contributed by atoms with E-state index in [-0.39, 0.29) is 5.91 Å². The smallest absolute Gasteiger partial charge is 0.272 e. The van der Waals surface area contributed by atoms with E-state index in [1.54, 1.807) is 26.5 Å². The molecule has 8 nitrogen and oxygen atoms in total. The summed E-state index contributed by atoms with van der Waals surface area (Å²) in [6.07, 6.45) is 5.44. The fourth-order valence-electron chi connectivity index (χ4n) is 4.02. The van der Waals surface area contributed by atoms with Gasteiger partial charge in [0.25, 0.3) is 5.91 Å². The molecule has 1 aliphatic rings. The third-order valence-electron chi connectivity index (χ3n) is 5.67. The average Bonchev–Trinajstić information content (AvgIpc) is 3.29. The summed E-state index contributed by atoms with van der Waals surface area (Å²) in [6, 6.07) is 9.43. The molecule has 0 bridgehead atoms. The van der Waals surface area contributed by atoms with Crippen LogP contribution in [0.25, 0.3) is 10.9 Å². The second kappa shape index (κ2) is 9.89. The Morgan fingerprint density at radius 1 is 1.16 bits per heavy atom. The number of nitrogens with zero attached hydrogens (tertiary/aromatic N) is 4. The zero-order valence-corrected chi connectivity index (χ0v) is 18.0. The highest BCUT2D eigenvalue weighted by molar-refractivity contribution is 5.97. The Balaban J connectivity index is 1.41. The van der Waals surface area contributed by atoms with Crippen LogP contribution in [0.15, 0.2) is 42.7 Å². The number of ether oxygens (including phenoxy) is 3. The van der Waals surface area contributed by atoms with Crippen molar-refractivity contribution in [2.45, 2.75) is 25.5 Å². The molecular weight excluding hydrogens is 396 g/mol. The Hall–Kier alpha value is -2.97. The van der Waals surface area contributed by atoms with E-state index in [1.165, 1.54) is 0 Å². The summed E-state index contributed by atoms with van der Waals surface area (Å²) < 4.78 is 18.2. The molecule has 4 rings (SSSR count). The number of rotatable bonds is 8. The number of fused-ring (bicyclic) bond motifs is 1. The first-order valence-electron chi connectivity index (χ1n) is 10.5. The van der Waals surface area contributed by atoms with Crippen LogP contribution < -0.4 is 4.74 Å². The van der Waals surface area contributed by atoms with E-state index in [0.717, 1.165) is 29.6 Å². The van der Waals surface area contributed by atoms with E-state index in [0.29, 0.717) is 50.4 Å². The molecule has 1 amide bonds. The van der Waals surface area contributed by atoms with Crippen molar-refractivity contribution in [2.75, 3.05) is 40.5 Å². The van der Waals surface area contributed by atoms with Crippen LogP contribution in [0, 0.1) is 0 Å². The average molecular weight is 425 g/mol. The molecular formula is C23H28N4O4. The lowest BCUT2D eigenvalue weighted by Crippen LogP contribution is -2.38. The first kappa shape index (κ1) is 21.3. The molecule has 3 heterocycles. The Labute approximate surface area is 181 Å². The number of carbonyl (C=O) groups is 1. The molecule has 2 aromatic heterocycles. The molecule has 0 saturated carbocycles. The molecule has 8 heteroatoms. The van der Waals surface area contributed by atoms with Gasteiger partial charge in [0, 0.05) is 50.0 Å². The highest BCUT2D eigenvalue weighted by Crippen LogP contribution is 2.29. The molecule has 164 valence electrons. The van der Waals surface area contributed by atoms with Crippen molar-refractivity contribution in [1.82, 2.24) is 19.4 Å². The van der Waals surface area contributed by atoms with Crippen LogP contribution in [0.4, 0.5) is 0 Å². The Morgan fingerprint density at radius 3 is 2.74 bits per heavy atom. The van der Waals surface area contributed by atoms with Gasteiger partial charge in [-0.2, -0.15) is 0 Å². The van der Waals surface area contributed by atoms with Crippen molar-refractivity contribution in [1.29, 1.82) is 0 Å². The quantitative estimate of drug-likeness (QED) is 0.517. The molecule has 1 fully saturated rings. The molecule has 0 unspecified atom stereocenters. The van der Waals surface area contributed by atoms with Gasteiger partial charge >= 0.3 is 0 Å². The Morgan fingerprint density at radius 2 is 1.97 bits per heavy atom. The SMILES string of the molecule is COCCOCn1ccnc1C1CCN(C(=O)c2cc(OC)c3ccccc3n2)CC1. The van der Waals surface area contributed by atoms with Gasteiger partial charge in [0.1, 0.15) is 24.0 Å². The standard InChI is InChI=1S/C23H28N4O4/c1-29-13-14-31-16-27-12-9-24-22(27)17-7-10-26(11-8-17)23(28)20-15-21(30-2)18-5-3-4-6-19(18)25-20/h3-6,9,12,15,17H,7-8,10-11,13-14,16H2,1-2H3. The lowest BCUT2D eigenvalue weighted by molar-refractivity contribution is 0.0318. The highest BCUT2D eigenvalue weighted by atomic mass is 16.5. The maximum Gasteiger partial charge on any atom is 0.272 e. The molecule has 1 aromatic carbocycles. The zero-order chi connectivity index (χ0) is 21.6. The fraction of sp³-hybridized carbons (Fsp3) is 0.435. The van der Waals surface area contributed by atoms with Crippen molar-refractivity contribution in [2.24, 2.45) is 0 Å². The Bertz CT molecular complexity index is 1030. The topological polar surface area (TPSA) is 78.7 Å². The van der Waals surface area contributed by atoms with Crippen LogP contribution in [0.1, 0.15) is 35.1 Å². The molecule has 31 heavy (non-hydrogen) atoms. The van der Waals surface area contributed by atoms with Crippen molar-refractivity contribution in [3.05, 3.63) is 54.2 Å². The molecule has 0 radical (unpaired) electrons. The van der Waals surface area contributed by atoms with Crippen LogP contribution in [-0.2, 0) is 16.2 Å². The summed E-state index contributed by atoms with van der Waals surface area (Å²) >= 11 is 0. The van der Waals surface area contributed by atoms with Gasteiger partial charge in [-0.15, -0.1) is 0 Å². The van der Waals surface area contributed by atoms with Crippen molar-refractivity contribution < 1.29 is 19.0 Å². The number of piperidine rings is 1. The summed E-state index contributed by atoms with van der Waals surface area (Å²) in [6.45, 7) is 2.90. The van der Waals surface area contributed by atoms with Gasteiger partial charge in [-0.25, -0.2) is 9.97 Å². The lowest BCUT2D eigenvalue weighted by Gasteiger charge is -2.31. The first-order valence-corrected chi connectivity index (χ1v) is 10.5. The van der Waals surface area contributed by atoms with Crippen molar-refractivity contribution >= 4 is 16.8 Å². The molecule has 0 atom stereocenters. The number of imidazole rings is 1. The van der Waals surface area contributed by atoms with Gasteiger partial charge in [-0.05, 0) is 25.0 Å². The lowest BCUT2D eigenvalue weighted by atomic mass is 9.95. The highest BCUT2D eigenvalue weighted by Gasteiger charge is 2.28. The largest absolute Gasteiger partial charge is 0.496 e. The number of hydrogen-bond donors (Lipinski definition) is 0. The van der Waals surface area contributed by atoms with Crippen LogP contribution in [0.3, 0.4) is 0 Å². The molecule has 0 aliphatic carbocycles. The molecule has 0 spiro atoms. The van der Waals surface area contributed by atoms with Crippen LogP contribution in [0.2, 0.25) is 0 Å². The van der Waals surface area contributed by atoms with Gasteiger partial charge in [-0.3, -0.25) is 4.79 Å².